The molecule has 0 saturated carbocycles. The van der Waals surface area contributed by atoms with Crippen LogP contribution in [0.3, 0.4) is 0 Å². The summed E-state index contributed by atoms with van der Waals surface area (Å²) >= 11 is 0. The van der Waals surface area contributed by atoms with Crippen LogP contribution in [-0.2, 0) is 0 Å². The Balaban J connectivity index is 1.09. The molecule has 8 aromatic carbocycles. The molecular weight excluding hydrogens is 621 g/mol. The van der Waals surface area contributed by atoms with Crippen molar-refractivity contribution in [3.05, 3.63) is 182 Å². The Morgan fingerprint density at radius 2 is 0.745 bits per heavy atom. The Hall–Kier alpha value is -6.84. The van der Waals surface area contributed by atoms with Crippen LogP contribution in [0.5, 0.6) is 0 Å². The molecule has 0 fully saturated rings. The van der Waals surface area contributed by atoms with E-state index in [1.165, 1.54) is 54.7 Å². The largest absolute Gasteiger partial charge is 0.456 e. The molecule has 0 amide bonds. The summed E-state index contributed by atoms with van der Waals surface area (Å²) in [5, 5.41) is 7.29. The smallest absolute Gasteiger partial charge is 0.136 e. The van der Waals surface area contributed by atoms with Crippen LogP contribution in [0, 0.1) is 0 Å². The molecule has 3 heterocycles. The zero-order valence-electron chi connectivity index (χ0n) is 27.6. The Morgan fingerprint density at radius 3 is 1.43 bits per heavy atom. The fourth-order valence-corrected chi connectivity index (χ4v) is 8.16. The molecule has 0 aliphatic rings. The van der Waals surface area contributed by atoms with E-state index in [4.69, 9.17) is 4.42 Å². The van der Waals surface area contributed by atoms with Crippen LogP contribution in [0.4, 0.5) is 0 Å². The van der Waals surface area contributed by atoms with Crippen LogP contribution >= 0.6 is 0 Å². The van der Waals surface area contributed by atoms with Crippen molar-refractivity contribution in [2.75, 3.05) is 0 Å². The van der Waals surface area contributed by atoms with Gasteiger partial charge in [0.1, 0.15) is 11.2 Å². The van der Waals surface area contributed by atoms with E-state index in [1.54, 1.807) is 0 Å². The first kappa shape index (κ1) is 28.0. The average Bonchev–Trinajstić information content (AvgIpc) is 3.85. The van der Waals surface area contributed by atoms with E-state index in [-0.39, 0.29) is 0 Å². The molecule has 0 spiro atoms. The molecule has 0 atom stereocenters. The van der Waals surface area contributed by atoms with Gasteiger partial charge in [-0.05, 0) is 89.0 Å². The van der Waals surface area contributed by atoms with Gasteiger partial charge >= 0.3 is 0 Å². The van der Waals surface area contributed by atoms with Crippen molar-refractivity contribution in [2.45, 2.75) is 0 Å². The first-order valence-electron chi connectivity index (χ1n) is 17.4. The van der Waals surface area contributed by atoms with E-state index < -0.39 is 0 Å². The molecule has 0 aliphatic carbocycles. The van der Waals surface area contributed by atoms with E-state index in [9.17, 15) is 0 Å². The van der Waals surface area contributed by atoms with E-state index in [2.05, 4.69) is 179 Å². The molecule has 0 saturated heterocycles. The maximum atomic E-state index is 6.26. The Labute approximate surface area is 293 Å². The van der Waals surface area contributed by atoms with Gasteiger partial charge in [0.05, 0.1) is 22.1 Å². The van der Waals surface area contributed by atoms with Gasteiger partial charge in [-0.1, -0.05) is 115 Å². The minimum absolute atomic E-state index is 0.906. The molecule has 3 heteroatoms. The van der Waals surface area contributed by atoms with Crippen molar-refractivity contribution < 1.29 is 4.42 Å². The predicted molar refractivity (Wildman–Crippen MR) is 213 cm³/mol. The van der Waals surface area contributed by atoms with Gasteiger partial charge in [0.2, 0.25) is 0 Å². The van der Waals surface area contributed by atoms with Crippen LogP contribution in [0.1, 0.15) is 0 Å². The van der Waals surface area contributed by atoms with Gasteiger partial charge in [0.25, 0.3) is 0 Å². The van der Waals surface area contributed by atoms with Crippen LogP contribution in [0.25, 0.3) is 99.2 Å². The minimum atomic E-state index is 0.906. The van der Waals surface area contributed by atoms with Crippen LogP contribution < -0.4 is 0 Å². The number of rotatable bonds is 4. The molecule has 0 radical (unpaired) electrons. The summed E-state index contributed by atoms with van der Waals surface area (Å²) in [6.45, 7) is 0. The number of benzene rings is 8. The van der Waals surface area contributed by atoms with Crippen molar-refractivity contribution in [1.29, 1.82) is 0 Å². The van der Waals surface area contributed by atoms with Crippen molar-refractivity contribution >= 4 is 65.6 Å². The lowest BCUT2D eigenvalue weighted by molar-refractivity contribution is 0.669. The number of hydrogen-bond donors (Lipinski definition) is 0. The molecule has 11 rings (SSSR count). The highest BCUT2D eigenvalue weighted by atomic mass is 16.3. The first-order valence-corrected chi connectivity index (χ1v) is 17.4. The maximum Gasteiger partial charge on any atom is 0.136 e. The fraction of sp³-hybridized carbons (Fsp3) is 0. The topological polar surface area (TPSA) is 23.0 Å². The molecule has 11 aromatic rings. The number of aromatic nitrogens is 2. The first-order chi connectivity index (χ1) is 25.3. The number of nitrogens with zero attached hydrogens (tertiary/aromatic N) is 2. The Morgan fingerprint density at radius 1 is 0.275 bits per heavy atom. The maximum absolute atomic E-state index is 6.26. The molecule has 3 nitrogen and oxygen atoms in total. The van der Waals surface area contributed by atoms with Crippen molar-refractivity contribution in [2.24, 2.45) is 0 Å². The lowest BCUT2D eigenvalue weighted by Gasteiger charge is -2.12. The zero-order valence-corrected chi connectivity index (χ0v) is 27.6. The molecule has 0 unspecified atom stereocenters. The third-order valence-electron chi connectivity index (χ3n) is 10.5. The van der Waals surface area contributed by atoms with Gasteiger partial charge in [0, 0.05) is 43.7 Å². The van der Waals surface area contributed by atoms with Crippen molar-refractivity contribution in [3.63, 3.8) is 0 Å². The summed E-state index contributed by atoms with van der Waals surface area (Å²) in [5.74, 6) is 0. The molecule has 0 aliphatic heterocycles. The van der Waals surface area contributed by atoms with E-state index in [0.717, 1.165) is 44.4 Å². The lowest BCUT2D eigenvalue weighted by Crippen LogP contribution is -1.95. The van der Waals surface area contributed by atoms with Crippen LogP contribution in [0.15, 0.2) is 186 Å². The third-order valence-corrected chi connectivity index (χ3v) is 10.5. The number of furan rings is 1. The predicted octanol–water partition coefficient (Wildman–Crippen LogP) is 13.1. The Bertz CT molecular complexity index is 3140. The third kappa shape index (κ3) is 4.25. The average molecular weight is 651 g/mol. The van der Waals surface area contributed by atoms with Gasteiger partial charge in [-0.3, -0.25) is 0 Å². The molecular formula is C48H30N2O. The lowest BCUT2D eigenvalue weighted by atomic mass is 10.0. The highest BCUT2D eigenvalue weighted by molar-refractivity contribution is 6.12. The van der Waals surface area contributed by atoms with E-state index in [0.29, 0.717) is 0 Å². The van der Waals surface area contributed by atoms with E-state index >= 15 is 0 Å². The van der Waals surface area contributed by atoms with Gasteiger partial charge in [-0.2, -0.15) is 0 Å². The summed E-state index contributed by atoms with van der Waals surface area (Å²) in [6.07, 6.45) is 0. The van der Waals surface area contributed by atoms with Crippen LogP contribution in [0.2, 0.25) is 0 Å². The SMILES string of the molecule is c1ccc(-n2c3ccccc3c3ccc(-c4ccc5c6ccccc6n(-c6cccc(-c7ccc8c(c7)oc7ccccc78)c6)c5c4)cc32)cc1. The summed E-state index contributed by atoms with van der Waals surface area (Å²) in [7, 11) is 0. The fourth-order valence-electron chi connectivity index (χ4n) is 8.16. The highest BCUT2D eigenvalue weighted by Gasteiger charge is 2.17. The van der Waals surface area contributed by atoms with Gasteiger partial charge in [0.15, 0.2) is 0 Å². The molecule has 0 bridgehead atoms. The molecule has 3 aromatic heterocycles. The second kappa shape index (κ2) is 10.8. The van der Waals surface area contributed by atoms with Gasteiger partial charge < -0.3 is 13.6 Å². The quantitative estimate of drug-likeness (QED) is 0.186. The Kier molecular flexibility index (Phi) is 5.96. The second-order valence-electron chi connectivity index (χ2n) is 13.4. The summed E-state index contributed by atoms with van der Waals surface area (Å²) in [6, 6.07) is 65.6. The number of fused-ring (bicyclic) bond motifs is 9. The minimum Gasteiger partial charge on any atom is -0.456 e. The standard InChI is InChI=1S/C48H30N2O/c1-2-12-35(13-3-1)49-43-18-7-4-15-37(43)39-24-21-32(28-45(39)49)33-22-25-40-38-16-5-8-19-44(38)50(46(40)29-33)36-14-10-11-31(27-36)34-23-26-42-41-17-6-9-20-47(41)51-48(42)30-34/h1-30H. The molecule has 0 N–H and O–H groups in total. The van der Waals surface area contributed by atoms with Crippen molar-refractivity contribution in [3.8, 4) is 33.6 Å². The van der Waals surface area contributed by atoms with E-state index in [1.807, 2.05) is 12.1 Å². The molecule has 51 heavy (non-hydrogen) atoms. The zero-order chi connectivity index (χ0) is 33.5. The summed E-state index contributed by atoms with van der Waals surface area (Å²) in [4.78, 5) is 0. The summed E-state index contributed by atoms with van der Waals surface area (Å²) < 4.78 is 11.1. The summed E-state index contributed by atoms with van der Waals surface area (Å²) in [5.41, 5.74) is 13.6. The number of para-hydroxylation sites is 4. The molecule has 238 valence electrons. The number of hydrogen-bond acceptors (Lipinski definition) is 1. The van der Waals surface area contributed by atoms with Gasteiger partial charge in [-0.15, -0.1) is 0 Å². The second-order valence-corrected chi connectivity index (χ2v) is 13.4. The van der Waals surface area contributed by atoms with Gasteiger partial charge in [-0.25, -0.2) is 0 Å². The highest BCUT2D eigenvalue weighted by Crippen LogP contribution is 2.39. The van der Waals surface area contributed by atoms with Crippen LogP contribution in [-0.4, -0.2) is 9.13 Å². The monoisotopic (exact) mass is 650 g/mol. The normalized spacial score (nSPS) is 11.9. The van der Waals surface area contributed by atoms with Crippen molar-refractivity contribution in [1.82, 2.24) is 9.13 Å².